The van der Waals surface area contributed by atoms with E-state index in [0.717, 1.165) is 6.20 Å². The molecular formula is C19H14F5N3O2. The van der Waals surface area contributed by atoms with Crippen LogP contribution in [-0.4, -0.2) is 22.3 Å². The van der Waals surface area contributed by atoms with Gasteiger partial charge in [-0.05, 0) is 18.2 Å². The van der Waals surface area contributed by atoms with Crippen molar-refractivity contribution in [1.29, 1.82) is 0 Å². The zero-order valence-corrected chi connectivity index (χ0v) is 14.7. The highest BCUT2D eigenvalue weighted by Gasteiger charge is 2.40. The summed E-state index contributed by atoms with van der Waals surface area (Å²) in [5.41, 5.74) is -1.60. The molecule has 1 amide bonds. The average Bonchev–Trinajstić information content (AvgIpc) is 3.13. The van der Waals surface area contributed by atoms with Crippen LogP contribution in [0.2, 0.25) is 0 Å². The Labute approximate surface area is 161 Å². The molecule has 3 aromatic rings. The smallest absolute Gasteiger partial charge is 0.434 e. The average molecular weight is 411 g/mol. The molecule has 1 heterocycles. The van der Waals surface area contributed by atoms with Crippen molar-refractivity contribution in [2.24, 2.45) is 0 Å². The van der Waals surface area contributed by atoms with E-state index in [1.807, 2.05) is 0 Å². The molecule has 3 rings (SSSR count). The number of nitrogens with zero attached hydrogens (tertiary/aromatic N) is 2. The number of ether oxygens (including phenoxy) is 1. The SMILES string of the molecule is O=C(NCc1ccccc1OC(F)F)c1cnn(-c2ccccc2)c1C(F)(F)F. The summed E-state index contributed by atoms with van der Waals surface area (Å²) in [6, 6.07) is 13.2. The normalized spacial score (nSPS) is 11.5. The van der Waals surface area contributed by atoms with Gasteiger partial charge in [-0.2, -0.15) is 27.1 Å². The van der Waals surface area contributed by atoms with E-state index < -0.39 is 30.0 Å². The van der Waals surface area contributed by atoms with Crippen molar-refractivity contribution < 1.29 is 31.5 Å². The van der Waals surface area contributed by atoms with Crippen LogP contribution in [0.5, 0.6) is 5.75 Å². The van der Waals surface area contributed by atoms with E-state index in [1.165, 1.54) is 48.5 Å². The minimum absolute atomic E-state index is 0.134. The molecule has 0 saturated heterocycles. The van der Waals surface area contributed by atoms with Gasteiger partial charge < -0.3 is 10.1 Å². The summed E-state index contributed by atoms with van der Waals surface area (Å²) in [5.74, 6) is -1.23. The fraction of sp³-hybridized carbons (Fsp3) is 0.158. The van der Waals surface area contributed by atoms with Crippen molar-refractivity contribution >= 4 is 5.91 Å². The van der Waals surface area contributed by atoms with E-state index in [1.54, 1.807) is 6.07 Å². The number of carbonyl (C=O) groups excluding carboxylic acids is 1. The second-order valence-electron chi connectivity index (χ2n) is 5.82. The van der Waals surface area contributed by atoms with Gasteiger partial charge in [0.05, 0.1) is 17.4 Å². The number of para-hydroxylation sites is 2. The van der Waals surface area contributed by atoms with Crippen LogP contribution in [0.15, 0.2) is 60.8 Å². The molecule has 0 saturated carbocycles. The summed E-state index contributed by atoms with van der Waals surface area (Å²) in [5, 5.41) is 5.99. The highest BCUT2D eigenvalue weighted by Crippen LogP contribution is 2.33. The Hall–Kier alpha value is -3.43. The van der Waals surface area contributed by atoms with Crippen LogP contribution in [-0.2, 0) is 12.7 Å². The number of carbonyl (C=O) groups is 1. The van der Waals surface area contributed by atoms with Crippen molar-refractivity contribution in [2.45, 2.75) is 19.3 Å². The zero-order chi connectivity index (χ0) is 21.0. The number of halogens is 5. The number of rotatable bonds is 6. The number of aromatic nitrogens is 2. The molecule has 0 aliphatic carbocycles. The van der Waals surface area contributed by atoms with Crippen LogP contribution >= 0.6 is 0 Å². The number of nitrogens with one attached hydrogen (secondary N) is 1. The molecule has 1 aromatic heterocycles. The molecule has 1 N–H and O–H groups in total. The van der Waals surface area contributed by atoms with Gasteiger partial charge in [-0.1, -0.05) is 36.4 Å². The van der Waals surface area contributed by atoms with Gasteiger partial charge in [-0.25, -0.2) is 4.68 Å². The van der Waals surface area contributed by atoms with Crippen LogP contribution in [0.4, 0.5) is 22.0 Å². The van der Waals surface area contributed by atoms with E-state index in [2.05, 4.69) is 15.2 Å². The van der Waals surface area contributed by atoms with Crippen LogP contribution in [0, 0.1) is 0 Å². The number of hydrogen-bond acceptors (Lipinski definition) is 3. The summed E-state index contributed by atoms with van der Waals surface area (Å²) in [6.07, 6.45) is -4.04. The Morgan fingerprint density at radius 2 is 1.72 bits per heavy atom. The van der Waals surface area contributed by atoms with Gasteiger partial charge in [0.2, 0.25) is 0 Å². The van der Waals surface area contributed by atoms with Crippen LogP contribution in [0.3, 0.4) is 0 Å². The highest BCUT2D eigenvalue weighted by molar-refractivity contribution is 5.95. The second-order valence-corrected chi connectivity index (χ2v) is 5.82. The second kappa shape index (κ2) is 8.29. The first-order valence-electron chi connectivity index (χ1n) is 8.29. The molecule has 0 spiro atoms. The molecular weight excluding hydrogens is 397 g/mol. The van der Waals surface area contributed by atoms with E-state index in [0.29, 0.717) is 4.68 Å². The molecule has 152 valence electrons. The number of hydrogen-bond donors (Lipinski definition) is 1. The molecule has 29 heavy (non-hydrogen) atoms. The summed E-state index contributed by atoms with van der Waals surface area (Å²) >= 11 is 0. The zero-order valence-electron chi connectivity index (χ0n) is 14.7. The first kappa shape index (κ1) is 20.3. The van der Waals surface area contributed by atoms with E-state index in [-0.39, 0.29) is 23.5 Å². The number of benzene rings is 2. The van der Waals surface area contributed by atoms with E-state index in [9.17, 15) is 26.7 Å². The van der Waals surface area contributed by atoms with Gasteiger partial charge in [0.15, 0.2) is 5.69 Å². The van der Waals surface area contributed by atoms with Crippen LogP contribution in [0.25, 0.3) is 5.69 Å². The van der Waals surface area contributed by atoms with Gasteiger partial charge in [-0.3, -0.25) is 4.79 Å². The maximum absolute atomic E-state index is 13.6. The number of amides is 1. The Morgan fingerprint density at radius 3 is 2.38 bits per heavy atom. The maximum atomic E-state index is 13.6. The van der Waals surface area contributed by atoms with E-state index >= 15 is 0 Å². The summed E-state index contributed by atoms with van der Waals surface area (Å²) < 4.78 is 70.7. The van der Waals surface area contributed by atoms with E-state index in [4.69, 9.17) is 0 Å². The van der Waals surface area contributed by atoms with Gasteiger partial charge in [0, 0.05) is 12.1 Å². The molecule has 0 bridgehead atoms. The first-order chi connectivity index (χ1) is 13.8. The molecule has 0 unspecified atom stereocenters. The van der Waals surface area contributed by atoms with Crippen molar-refractivity contribution in [3.8, 4) is 11.4 Å². The monoisotopic (exact) mass is 411 g/mol. The molecule has 5 nitrogen and oxygen atoms in total. The topological polar surface area (TPSA) is 56.1 Å². The lowest BCUT2D eigenvalue weighted by Gasteiger charge is -2.14. The molecule has 10 heteroatoms. The Balaban J connectivity index is 1.86. The molecule has 0 aliphatic rings. The maximum Gasteiger partial charge on any atom is 0.434 e. The third-order valence-corrected chi connectivity index (χ3v) is 3.91. The fourth-order valence-electron chi connectivity index (χ4n) is 2.68. The summed E-state index contributed by atoms with van der Waals surface area (Å²) in [4.78, 5) is 12.4. The quantitative estimate of drug-likeness (QED) is 0.611. The molecule has 0 aliphatic heterocycles. The minimum atomic E-state index is -4.85. The lowest BCUT2D eigenvalue weighted by molar-refractivity contribution is -0.143. The standard InChI is InChI=1S/C19H14F5N3O2/c20-18(21)29-15-9-5-4-6-12(15)10-25-17(28)14-11-26-27(16(14)19(22,23)24)13-7-2-1-3-8-13/h1-9,11,18H,10H2,(H,25,28). The molecule has 2 aromatic carbocycles. The largest absolute Gasteiger partial charge is 0.434 e. The van der Waals surface area contributed by atoms with Crippen molar-refractivity contribution in [3.05, 3.63) is 77.6 Å². The van der Waals surface area contributed by atoms with Crippen LogP contribution in [0.1, 0.15) is 21.6 Å². The summed E-state index contributed by atoms with van der Waals surface area (Å²) in [7, 11) is 0. The van der Waals surface area contributed by atoms with Gasteiger partial charge >= 0.3 is 12.8 Å². The Morgan fingerprint density at radius 1 is 1.07 bits per heavy atom. The highest BCUT2D eigenvalue weighted by atomic mass is 19.4. The predicted molar refractivity (Wildman–Crippen MR) is 92.8 cm³/mol. The third-order valence-electron chi connectivity index (χ3n) is 3.91. The molecule has 0 radical (unpaired) electrons. The van der Waals surface area contributed by atoms with Crippen molar-refractivity contribution in [3.63, 3.8) is 0 Å². The summed E-state index contributed by atoms with van der Waals surface area (Å²) in [6.45, 7) is -3.39. The molecule has 0 atom stereocenters. The predicted octanol–water partition coefficient (Wildman–Crippen LogP) is 4.42. The van der Waals surface area contributed by atoms with Gasteiger partial charge in [0.1, 0.15) is 5.75 Å². The lowest BCUT2D eigenvalue weighted by atomic mass is 10.1. The van der Waals surface area contributed by atoms with Crippen molar-refractivity contribution in [2.75, 3.05) is 0 Å². The Kier molecular flexibility index (Phi) is 5.81. The van der Waals surface area contributed by atoms with Gasteiger partial charge in [0.25, 0.3) is 5.91 Å². The number of alkyl halides is 5. The van der Waals surface area contributed by atoms with Crippen LogP contribution < -0.4 is 10.1 Å². The Bertz CT molecular complexity index is 987. The first-order valence-corrected chi connectivity index (χ1v) is 8.29. The fourth-order valence-corrected chi connectivity index (χ4v) is 2.68. The lowest BCUT2D eigenvalue weighted by Crippen LogP contribution is -2.26. The molecule has 0 fully saturated rings. The van der Waals surface area contributed by atoms with Gasteiger partial charge in [-0.15, -0.1) is 0 Å². The minimum Gasteiger partial charge on any atom is -0.434 e. The van der Waals surface area contributed by atoms with Crippen molar-refractivity contribution in [1.82, 2.24) is 15.1 Å². The third kappa shape index (κ3) is 4.71.